The Morgan fingerprint density at radius 2 is 1.57 bits per heavy atom. The molecule has 1 rings (SSSR count). The molecule has 0 radical (unpaired) electrons. The monoisotopic (exact) mass is 334 g/mol. The molecule has 1 unspecified atom stereocenters. The Balaban J connectivity index is 3.26. The van der Waals surface area contributed by atoms with Crippen LogP contribution in [0.3, 0.4) is 0 Å². The van der Waals surface area contributed by atoms with Gasteiger partial charge < -0.3 is 5.11 Å². The fourth-order valence-corrected chi connectivity index (χ4v) is 8.94. The summed E-state index contributed by atoms with van der Waals surface area (Å²) in [6.07, 6.45) is -0.237. The standard InChI is InChI=1S/C20H31FOSi/c1-8-20(22)18-10-9-17(13-19(18)21)11-12-23(14(2)3,15(4)5)16(6)7/h9-10,13-16,20,22H,8H2,1-7H3. The number of aliphatic hydroxyl groups excluding tert-OH is 1. The molecular weight excluding hydrogens is 303 g/mol. The van der Waals surface area contributed by atoms with Crippen LogP contribution in [0.1, 0.15) is 72.1 Å². The summed E-state index contributed by atoms with van der Waals surface area (Å²) < 4.78 is 14.2. The van der Waals surface area contributed by atoms with Crippen molar-refractivity contribution in [2.75, 3.05) is 0 Å². The van der Waals surface area contributed by atoms with Crippen molar-refractivity contribution in [1.82, 2.24) is 0 Å². The van der Waals surface area contributed by atoms with E-state index in [2.05, 4.69) is 53.0 Å². The van der Waals surface area contributed by atoms with Gasteiger partial charge in [0.05, 0.1) is 6.10 Å². The first-order valence-corrected chi connectivity index (χ1v) is 10.9. The van der Waals surface area contributed by atoms with Crippen LogP contribution >= 0.6 is 0 Å². The zero-order chi connectivity index (χ0) is 17.8. The van der Waals surface area contributed by atoms with Crippen molar-refractivity contribution in [3.63, 3.8) is 0 Å². The van der Waals surface area contributed by atoms with E-state index in [-0.39, 0.29) is 5.82 Å². The van der Waals surface area contributed by atoms with Crippen LogP contribution in [-0.2, 0) is 0 Å². The third kappa shape index (κ3) is 4.25. The van der Waals surface area contributed by atoms with Crippen LogP contribution < -0.4 is 0 Å². The summed E-state index contributed by atoms with van der Waals surface area (Å²) in [5, 5.41) is 9.81. The zero-order valence-electron chi connectivity index (χ0n) is 15.6. The molecule has 0 aliphatic rings. The van der Waals surface area contributed by atoms with Crippen LogP contribution in [0.2, 0.25) is 16.6 Å². The van der Waals surface area contributed by atoms with Crippen molar-refractivity contribution in [2.24, 2.45) is 0 Å². The number of halogens is 1. The van der Waals surface area contributed by atoms with Crippen LogP contribution in [0.25, 0.3) is 0 Å². The minimum atomic E-state index is -1.80. The Morgan fingerprint density at radius 3 is 1.96 bits per heavy atom. The Kier molecular flexibility index (Phi) is 7.04. The lowest BCUT2D eigenvalue weighted by Gasteiger charge is -2.38. The average molecular weight is 335 g/mol. The molecule has 0 aliphatic heterocycles. The second-order valence-corrected chi connectivity index (χ2v) is 12.9. The summed E-state index contributed by atoms with van der Waals surface area (Å²) in [6.45, 7) is 15.4. The zero-order valence-corrected chi connectivity index (χ0v) is 16.6. The van der Waals surface area contributed by atoms with Crippen molar-refractivity contribution in [1.29, 1.82) is 0 Å². The fraction of sp³-hybridized carbons (Fsp3) is 0.600. The van der Waals surface area contributed by atoms with Crippen molar-refractivity contribution >= 4 is 8.07 Å². The molecule has 1 nitrogen and oxygen atoms in total. The van der Waals surface area contributed by atoms with Crippen LogP contribution in [0, 0.1) is 17.3 Å². The first kappa shape index (κ1) is 19.9. The van der Waals surface area contributed by atoms with Gasteiger partial charge >= 0.3 is 0 Å². The molecule has 1 aromatic rings. The predicted octanol–water partition coefficient (Wildman–Crippen LogP) is 5.84. The highest BCUT2D eigenvalue weighted by atomic mass is 28.3. The topological polar surface area (TPSA) is 20.2 Å². The number of benzene rings is 1. The molecule has 1 aromatic carbocycles. The molecule has 0 heterocycles. The van der Waals surface area contributed by atoms with Crippen molar-refractivity contribution < 1.29 is 9.50 Å². The number of rotatable bonds is 5. The third-order valence-corrected chi connectivity index (χ3v) is 11.3. The first-order chi connectivity index (χ1) is 10.7. The van der Waals surface area contributed by atoms with Gasteiger partial charge in [0.2, 0.25) is 0 Å². The van der Waals surface area contributed by atoms with Gasteiger partial charge in [-0.05, 0) is 35.2 Å². The summed E-state index contributed by atoms with van der Waals surface area (Å²) in [7, 11) is -1.80. The molecule has 1 atom stereocenters. The number of hydrogen-bond acceptors (Lipinski definition) is 1. The second-order valence-electron chi connectivity index (χ2n) is 7.31. The molecule has 0 bridgehead atoms. The Hall–Kier alpha value is -1.11. The maximum Gasteiger partial charge on any atom is 0.146 e. The summed E-state index contributed by atoms with van der Waals surface area (Å²) in [5.41, 5.74) is 6.33. The molecule has 0 amide bonds. The Bertz CT molecular complexity index is 559. The molecule has 0 fully saturated rings. The van der Waals surface area contributed by atoms with E-state index in [1.807, 2.05) is 13.0 Å². The molecule has 1 N–H and O–H groups in total. The van der Waals surface area contributed by atoms with Crippen LogP contribution in [0.4, 0.5) is 4.39 Å². The maximum absolute atomic E-state index is 14.2. The van der Waals surface area contributed by atoms with Gasteiger partial charge in [0.15, 0.2) is 0 Å². The summed E-state index contributed by atoms with van der Waals surface area (Å²) in [4.78, 5) is 0. The van der Waals surface area contributed by atoms with E-state index in [9.17, 15) is 9.50 Å². The smallest absolute Gasteiger partial charge is 0.146 e. The van der Waals surface area contributed by atoms with Gasteiger partial charge in [-0.2, -0.15) is 0 Å². The molecule has 0 spiro atoms. The highest BCUT2D eigenvalue weighted by molar-refractivity contribution is 6.90. The fourth-order valence-electron chi connectivity index (χ4n) is 3.71. The molecule has 3 heteroatoms. The highest BCUT2D eigenvalue weighted by Crippen LogP contribution is 2.40. The van der Waals surface area contributed by atoms with Gasteiger partial charge in [0.25, 0.3) is 0 Å². The lowest BCUT2D eigenvalue weighted by molar-refractivity contribution is 0.169. The van der Waals surface area contributed by atoms with Crippen LogP contribution in [0.15, 0.2) is 18.2 Å². The molecule has 23 heavy (non-hydrogen) atoms. The van der Waals surface area contributed by atoms with E-state index in [1.165, 1.54) is 6.07 Å². The molecule has 0 aliphatic carbocycles. The normalized spacial score (nSPS) is 13.4. The Labute approximate surface area is 142 Å². The lowest BCUT2D eigenvalue weighted by atomic mass is 10.0. The van der Waals surface area contributed by atoms with E-state index in [0.717, 1.165) is 0 Å². The van der Waals surface area contributed by atoms with Gasteiger partial charge in [-0.1, -0.05) is 60.5 Å². The van der Waals surface area contributed by atoms with Gasteiger partial charge in [-0.15, -0.1) is 5.54 Å². The molecule has 0 saturated carbocycles. The third-order valence-electron chi connectivity index (χ3n) is 5.04. The van der Waals surface area contributed by atoms with Crippen LogP contribution in [-0.4, -0.2) is 13.2 Å². The van der Waals surface area contributed by atoms with Crippen molar-refractivity contribution in [2.45, 2.75) is 77.6 Å². The maximum atomic E-state index is 14.2. The quantitative estimate of drug-likeness (QED) is 0.530. The molecule has 128 valence electrons. The Morgan fingerprint density at radius 1 is 1.04 bits per heavy atom. The lowest BCUT2D eigenvalue weighted by Crippen LogP contribution is -2.43. The van der Waals surface area contributed by atoms with Gasteiger partial charge in [0.1, 0.15) is 13.9 Å². The van der Waals surface area contributed by atoms with E-state index >= 15 is 0 Å². The number of hydrogen-bond donors (Lipinski definition) is 1. The largest absolute Gasteiger partial charge is 0.388 e. The van der Waals surface area contributed by atoms with Gasteiger partial charge in [-0.3, -0.25) is 0 Å². The first-order valence-electron chi connectivity index (χ1n) is 8.67. The highest BCUT2D eigenvalue weighted by Gasteiger charge is 2.41. The van der Waals surface area contributed by atoms with Crippen molar-refractivity contribution in [3.8, 4) is 11.5 Å². The summed E-state index contributed by atoms with van der Waals surface area (Å²) >= 11 is 0. The minimum Gasteiger partial charge on any atom is -0.388 e. The van der Waals surface area contributed by atoms with E-state index in [1.54, 1.807) is 6.07 Å². The molecule has 0 saturated heterocycles. The van der Waals surface area contributed by atoms with Crippen LogP contribution in [0.5, 0.6) is 0 Å². The van der Waals surface area contributed by atoms with Gasteiger partial charge in [-0.25, -0.2) is 4.39 Å². The van der Waals surface area contributed by atoms with Crippen molar-refractivity contribution in [3.05, 3.63) is 35.1 Å². The molecular formula is C20H31FOSi. The second kappa shape index (κ2) is 8.12. The van der Waals surface area contributed by atoms with Gasteiger partial charge in [0, 0.05) is 11.1 Å². The number of aliphatic hydroxyl groups is 1. The average Bonchev–Trinajstić information content (AvgIpc) is 2.46. The predicted molar refractivity (Wildman–Crippen MR) is 99.6 cm³/mol. The SMILES string of the molecule is CCC(O)c1ccc(C#C[Si](C(C)C)(C(C)C)C(C)C)cc1F. The van der Waals surface area contributed by atoms with E-state index < -0.39 is 14.2 Å². The summed E-state index contributed by atoms with van der Waals surface area (Å²) in [5.74, 6) is 2.88. The summed E-state index contributed by atoms with van der Waals surface area (Å²) in [6, 6.07) is 4.95. The van der Waals surface area contributed by atoms with E-state index in [0.29, 0.717) is 34.2 Å². The minimum absolute atomic E-state index is 0.359. The molecule has 0 aromatic heterocycles. The van der Waals surface area contributed by atoms with E-state index in [4.69, 9.17) is 0 Å².